The Bertz CT molecular complexity index is 433. The summed E-state index contributed by atoms with van der Waals surface area (Å²) < 4.78 is 5.44. The quantitative estimate of drug-likeness (QED) is 0.858. The van der Waals surface area contributed by atoms with E-state index in [2.05, 4.69) is 16.3 Å². The van der Waals surface area contributed by atoms with Crippen LogP contribution in [0.25, 0.3) is 0 Å². The average molecular weight is 322 g/mol. The van der Waals surface area contributed by atoms with E-state index in [1.54, 1.807) is 0 Å². The highest BCUT2D eigenvalue weighted by Gasteiger charge is 2.28. The zero-order chi connectivity index (χ0) is 16.9. The molecule has 2 heterocycles. The van der Waals surface area contributed by atoms with Gasteiger partial charge in [0.05, 0.1) is 12.5 Å². The maximum Gasteiger partial charge on any atom is 0.410 e. The Morgan fingerprint density at radius 2 is 2.00 bits per heavy atom. The van der Waals surface area contributed by atoms with Crippen molar-refractivity contribution in [1.82, 2.24) is 15.1 Å². The number of amides is 1. The molecule has 0 radical (unpaired) electrons. The van der Waals surface area contributed by atoms with Crippen molar-refractivity contribution in [2.45, 2.75) is 51.7 Å². The molecule has 130 valence electrons. The molecule has 0 aromatic rings. The number of nitrogens with one attached hydrogen (secondary N) is 1. The summed E-state index contributed by atoms with van der Waals surface area (Å²) in [7, 11) is 0. The van der Waals surface area contributed by atoms with Gasteiger partial charge in [-0.25, -0.2) is 4.79 Å². The second-order valence-electron chi connectivity index (χ2n) is 7.68. The number of piperazine rings is 1. The topological polar surface area (TPSA) is 68.6 Å². The van der Waals surface area contributed by atoms with Crippen LogP contribution >= 0.6 is 0 Å². The van der Waals surface area contributed by atoms with E-state index in [0.29, 0.717) is 18.4 Å². The molecule has 2 aliphatic rings. The summed E-state index contributed by atoms with van der Waals surface area (Å²) in [4.78, 5) is 16.4. The van der Waals surface area contributed by atoms with Gasteiger partial charge in [0.2, 0.25) is 0 Å². The summed E-state index contributed by atoms with van der Waals surface area (Å²) in [5, 5.41) is 12.2. The Labute approximate surface area is 139 Å². The molecule has 0 bridgehead atoms. The summed E-state index contributed by atoms with van der Waals surface area (Å²) >= 11 is 0. The molecule has 23 heavy (non-hydrogen) atoms. The fraction of sp³-hybridized carbons (Fsp3) is 0.882. The molecule has 1 N–H and O–H groups in total. The highest BCUT2D eigenvalue weighted by molar-refractivity contribution is 5.68. The lowest BCUT2D eigenvalue weighted by Gasteiger charge is -2.38. The van der Waals surface area contributed by atoms with Crippen LogP contribution in [-0.2, 0) is 4.74 Å². The largest absolute Gasteiger partial charge is 0.444 e. The second kappa shape index (κ2) is 7.98. The van der Waals surface area contributed by atoms with E-state index >= 15 is 0 Å². The molecule has 2 fully saturated rings. The summed E-state index contributed by atoms with van der Waals surface area (Å²) in [5.41, 5.74) is -0.426. The van der Waals surface area contributed by atoms with Gasteiger partial charge in [-0.2, -0.15) is 5.26 Å². The third-order valence-corrected chi connectivity index (χ3v) is 4.46. The SMILES string of the molecule is CC(C)(C)OC(=O)N1CCC(CN2CCNC(CC#N)C2)CC1. The lowest BCUT2D eigenvalue weighted by molar-refractivity contribution is 0.0165. The van der Waals surface area contributed by atoms with Gasteiger partial charge in [-0.05, 0) is 39.5 Å². The van der Waals surface area contributed by atoms with Crippen LogP contribution in [0.3, 0.4) is 0 Å². The van der Waals surface area contributed by atoms with E-state index in [4.69, 9.17) is 10.00 Å². The van der Waals surface area contributed by atoms with Crippen molar-refractivity contribution < 1.29 is 9.53 Å². The van der Waals surface area contributed by atoms with Gasteiger partial charge in [-0.3, -0.25) is 0 Å². The number of ether oxygens (including phenoxy) is 1. The van der Waals surface area contributed by atoms with Crippen molar-refractivity contribution in [2.75, 3.05) is 39.3 Å². The van der Waals surface area contributed by atoms with E-state index in [9.17, 15) is 4.79 Å². The van der Waals surface area contributed by atoms with Crippen molar-refractivity contribution in [3.05, 3.63) is 0 Å². The third kappa shape index (κ3) is 6.00. The minimum atomic E-state index is -0.426. The zero-order valence-electron chi connectivity index (χ0n) is 14.7. The van der Waals surface area contributed by atoms with Crippen LogP contribution in [-0.4, -0.2) is 66.8 Å². The molecule has 2 rings (SSSR count). The van der Waals surface area contributed by atoms with Crippen molar-refractivity contribution in [3.8, 4) is 6.07 Å². The van der Waals surface area contributed by atoms with E-state index in [0.717, 1.165) is 52.1 Å². The number of piperidine rings is 1. The Kier molecular flexibility index (Phi) is 6.25. The summed E-state index contributed by atoms with van der Waals surface area (Å²) in [6, 6.07) is 2.55. The lowest BCUT2D eigenvalue weighted by Crippen LogP contribution is -2.52. The Morgan fingerprint density at radius 1 is 1.30 bits per heavy atom. The average Bonchev–Trinajstić information content (AvgIpc) is 2.47. The lowest BCUT2D eigenvalue weighted by atomic mass is 9.95. The molecule has 6 nitrogen and oxygen atoms in total. The van der Waals surface area contributed by atoms with Crippen molar-refractivity contribution in [1.29, 1.82) is 5.26 Å². The minimum absolute atomic E-state index is 0.188. The first-order valence-electron chi connectivity index (χ1n) is 8.68. The molecule has 0 aromatic heterocycles. The molecule has 1 atom stereocenters. The predicted octanol–water partition coefficient (Wildman–Crippen LogP) is 1.82. The van der Waals surface area contributed by atoms with E-state index < -0.39 is 5.60 Å². The number of carbonyl (C=O) groups excluding carboxylic acids is 1. The molecule has 6 heteroatoms. The Balaban J connectivity index is 1.72. The number of hydrogen-bond acceptors (Lipinski definition) is 5. The predicted molar refractivity (Wildman–Crippen MR) is 89.0 cm³/mol. The summed E-state index contributed by atoms with van der Waals surface area (Å²) in [6.07, 6.45) is 2.46. The van der Waals surface area contributed by atoms with E-state index in [1.807, 2.05) is 25.7 Å². The molecule has 1 unspecified atom stereocenters. The highest BCUT2D eigenvalue weighted by Crippen LogP contribution is 2.21. The van der Waals surface area contributed by atoms with Gasteiger partial charge in [0.25, 0.3) is 0 Å². The maximum absolute atomic E-state index is 12.1. The van der Waals surface area contributed by atoms with Crippen molar-refractivity contribution >= 4 is 6.09 Å². The molecule has 1 amide bonds. The smallest absolute Gasteiger partial charge is 0.410 e. The van der Waals surface area contributed by atoms with E-state index in [-0.39, 0.29) is 6.09 Å². The number of nitriles is 1. The number of nitrogens with zero attached hydrogens (tertiary/aromatic N) is 3. The fourth-order valence-corrected chi connectivity index (χ4v) is 3.30. The van der Waals surface area contributed by atoms with Gasteiger partial charge in [0, 0.05) is 45.3 Å². The summed E-state index contributed by atoms with van der Waals surface area (Å²) in [5.74, 6) is 0.634. The van der Waals surface area contributed by atoms with Gasteiger partial charge in [-0.15, -0.1) is 0 Å². The van der Waals surface area contributed by atoms with Crippen LogP contribution in [0, 0.1) is 17.2 Å². The first-order chi connectivity index (χ1) is 10.9. The second-order valence-corrected chi connectivity index (χ2v) is 7.68. The standard InChI is InChI=1S/C17H30N4O2/c1-17(2,3)23-16(22)21-9-5-14(6-10-21)12-20-11-8-19-15(13-20)4-7-18/h14-15,19H,4-6,8-13H2,1-3H3. The number of carbonyl (C=O) groups is 1. The first-order valence-corrected chi connectivity index (χ1v) is 8.68. The molecule has 0 aromatic carbocycles. The van der Waals surface area contributed by atoms with Crippen LogP contribution in [0.2, 0.25) is 0 Å². The monoisotopic (exact) mass is 322 g/mol. The fourth-order valence-electron chi connectivity index (χ4n) is 3.30. The molecular formula is C17H30N4O2. The normalized spacial score (nSPS) is 24.3. The molecule has 0 aliphatic carbocycles. The number of rotatable bonds is 3. The molecule has 2 saturated heterocycles. The summed E-state index contributed by atoms with van der Waals surface area (Å²) in [6.45, 7) is 11.3. The Hall–Kier alpha value is -1.32. The van der Waals surface area contributed by atoms with Gasteiger partial charge >= 0.3 is 6.09 Å². The minimum Gasteiger partial charge on any atom is -0.444 e. The molecular weight excluding hydrogens is 292 g/mol. The third-order valence-electron chi connectivity index (χ3n) is 4.46. The number of hydrogen-bond donors (Lipinski definition) is 1. The van der Waals surface area contributed by atoms with Crippen LogP contribution < -0.4 is 5.32 Å². The van der Waals surface area contributed by atoms with Crippen LogP contribution in [0.1, 0.15) is 40.0 Å². The first kappa shape index (κ1) is 18.0. The number of likely N-dealkylation sites (tertiary alicyclic amines) is 1. The zero-order valence-corrected chi connectivity index (χ0v) is 14.7. The highest BCUT2D eigenvalue weighted by atomic mass is 16.6. The van der Waals surface area contributed by atoms with Crippen molar-refractivity contribution in [3.63, 3.8) is 0 Å². The van der Waals surface area contributed by atoms with Gasteiger partial charge < -0.3 is 19.9 Å². The van der Waals surface area contributed by atoms with Crippen molar-refractivity contribution in [2.24, 2.45) is 5.92 Å². The van der Waals surface area contributed by atoms with Crippen LogP contribution in [0.5, 0.6) is 0 Å². The maximum atomic E-state index is 12.1. The van der Waals surface area contributed by atoms with Crippen LogP contribution in [0.15, 0.2) is 0 Å². The van der Waals surface area contributed by atoms with Gasteiger partial charge in [-0.1, -0.05) is 0 Å². The van der Waals surface area contributed by atoms with Crippen LogP contribution in [0.4, 0.5) is 4.79 Å². The molecule has 0 saturated carbocycles. The Morgan fingerprint density at radius 3 is 2.61 bits per heavy atom. The van der Waals surface area contributed by atoms with E-state index in [1.165, 1.54) is 0 Å². The van der Waals surface area contributed by atoms with Gasteiger partial charge in [0.15, 0.2) is 0 Å². The van der Waals surface area contributed by atoms with Gasteiger partial charge in [0.1, 0.15) is 5.60 Å². The molecule has 0 spiro atoms. The molecule has 2 aliphatic heterocycles.